The Morgan fingerprint density at radius 3 is 1.85 bits per heavy atom. The van der Waals surface area contributed by atoms with Crippen molar-refractivity contribution < 1.29 is 38.0 Å². The molecule has 6 unspecified atom stereocenters. The molecule has 17 heteroatoms. The van der Waals surface area contributed by atoms with Gasteiger partial charge in [-0.1, -0.05) is 108 Å². The highest BCUT2D eigenvalue weighted by Crippen LogP contribution is 2.34. The Kier molecular flexibility index (Phi) is 18.8. The summed E-state index contributed by atoms with van der Waals surface area (Å²) >= 11 is 0. The molecule has 16 nitrogen and oxygen atoms in total. The van der Waals surface area contributed by atoms with Crippen molar-refractivity contribution in [2.75, 3.05) is 27.2 Å². The zero-order valence-electron chi connectivity index (χ0n) is 45.3. The van der Waals surface area contributed by atoms with Crippen LogP contribution in [0.5, 0.6) is 0 Å². The quantitative estimate of drug-likeness (QED) is 0.101. The van der Waals surface area contributed by atoms with Gasteiger partial charge >= 0.3 is 0 Å². The van der Waals surface area contributed by atoms with E-state index in [4.69, 9.17) is 0 Å². The molecule has 0 bridgehead atoms. The van der Waals surface area contributed by atoms with Crippen molar-refractivity contribution in [3.63, 3.8) is 0 Å². The van der Waals surface area contributed by atoms with E-state index in [2.05, 4.69) is 38.0 Å². The van der Waals surface area contributed by atoms with Gasteiger partial charge in [0.2, 0.25) is 41.4 Å². The van der Waals surface area contributed by atoms with Crippen LogP contribution in [0.15, 0.2) is 72.8 Å². The zero-order valence-corrected chi connectivity index (χ0v) is 45.3. The van der Waals surface area contributed by atoms with Gasteiger partial charge in [-0.05, 0) is 106 Å². The number of hydrogen-bond donors (Lipinski definition) is 6. The van der Waals surface area contributed by atoms with Crippen molar-refractivity contribution in [1.82, 2.24) is 46.6 Å². The normalized spacial score (nSPS) is 20.6. The number of halogens is 1. The van der Waals surface area contributed by atoms with E-state index in [0.717, 1.165) is 41.5 Å². The fraction of sp³-hybridized carbons (Fsp3) is 0.561. The van der Waals surface area contributed by atoms with Crippen LogP contribution in [0.25, 0.3) is 0 Å². The predicted octanol–water partition coefficient (Wildman–Crippen LogP) is 5.01. The molecule has 7 amide bonds. The van der Waals surface area contributed by atoms with E-state index < -0.39 is 82.7 Å². The second-order valence-electron chi connectivity index (χ2n) is 22.6. The van der Waals surface area contributed by atoms with Crippen molar-refractivity contribution in [1.29, 1.82) is 0 Å². The fourth-order valence-electron chi connectivity index (χ4n) is 10.4. The van der Waals surface area contributed by atoms with Crippen LogP contribution in [0.3, 0.4) is 0 Å². The Bertz CT molecular complexity index is 2520. The van der Waals surface area contributed by atoms with Gasteiger partial charge < -0.3 is 46.6 Å². The number of fused-ring (bicyclic) bond motifs is 2. The summed E-state index contributed by atoms with van der Waals surface area (Å²) in [4.78, 5) is 105. The molecule has 6 N–H and O–H groups in total. The van der Waals surface area contributed by atoms with Gasteiger partial charge in [0.1, 0.15) is 30.0 Å². The second-order valence-corrected chi connectivity index (χ2v) is 22.6. The molecule has 3 aromatic rings. The van der Waals surface area contributed by atoms with E-state index in [1.807, 2.05) is 84.0 Å². The number of benzene rings is 3. The summed E-state index contributed by atoms with van der Waals surface area (Å²) in [6.07, 6.45) is 2.91. The van der Waals surface area contributed by atoms with E-state index in [1.54, 1.807) is 53.1 Å². The molecule has 1 aliphatic carbocycles. The SMILES string of the molecule is CN[C@@H](C)C(=O)NC(C(=O)N1CC(NC(=O)CCCN(C(=O)C2Cc3ccccc3CN2C(=O)C(NC(=O)[C@H](C)NC)C(C)(C)C)[C@H](C)c2ccccc2F)CC1C(=O)NC1CCCc2ccccc21)C(C)(C)C. The molecule has 0 saturated carbocycles. The second kappa shape index (κ2) is 24.4. The van der Waals surface area contributed by atoms with Gasteiger partial charge in [0.05, 0.1) is 24.2 Å². The van der Waals surface area contributed by atoms with Crippen molar-refractivity contribution >= 4 is 41.4 Å². The van der Waals surface area contributed by atoms with Crippen LogP contribution in [0.1, 0.15) is 134 Å². The first-order valence-electron chi connectivity index (χ1n) is 26.3. The molecule has 9 atom stereocenters. The number of amides is 7. The number of likely N-dealkylation sites (tertiary alicyclic amines) is 1. The largest absolute Gasteiger partial charge is 0.351 e. The van der Waals surface area contributed by atoms with E-state index in [0.29, 0.717) is 0 Å². The maximum absolute atomic E-state index is 15.6. The topological polar surface area (TPSA) is 201 Å². The molecule has 1 fully saturated rings. The maximum atomic E-state index is 15.6. The van der Waals surface area contributed by atoms with Gasteiger partial charge in [-0.25, -0.2) is 4.39 Å². The molecule has 74 heavy (non-hydrogen) atoms. The fourth-order valence-corrected chi connectivity index (χ4v) is 10.4. The number of likely N-dealkylation sites (N-methyl/N-ethyl adjacent to an activating group) is 2. The third-order valence-corrected chi connectivity index (χ3v) is 15.1. The Labute approximate surface area is 437 Å². The number of carbonyl (C=O) groups is 7. The third-order valence-electron chi connectivity index (χ3n) is 15.1. The minimum Gasteiger partial charge on any atom is -0.351 e. The van der Waals surface area contributed by atoms with Crippen LogP contribution in [0, 0.1) is 16.6 Å². The highest BCUT2D eigenvalue weighted by molar-refractivity contribution is 5.95. The summed E-state index contributed by atoms with van der Waals surface area (Å²) in [5, 5.41) is 18.0. The van der Waals surface area contributed by atoms with Gasteiger partial charge in [0, 0.05) is 44.1 Å². The van der Waals surface area contributed by atoms with Crippen LogP contribution in [0.2, 0.25) is 0 Å². The summed E-state index contributed by atoms with van der Waals surface area (Å²) in [6.45, 7) is 16.4. The van der Waals surface area contributed by atoms with Crippen molar-refractivity contribution in [2.24, 2.45) is 10.8 Å². The minimum atomic E-state index is -1.03. The van der Waals surface area contributed by atoms with E-state index in [1.165, 1.54) is 20.8 Å². The first-order valence-corrected chi connectivity index (χ1v) is 26.3. The summed E-state index contributed by atoms with van der Waals surface area (Å²) in [7, 11) is 3.31. The lowest BCUT2D eigenvalue weighted by atomic mass is 9.84. The number of nitrogens with one attached hydrogen (secondary N) is 6. The standard InChI is InChI=1S/C57H80FN9O7/c1-34(59-10)50(69)63-48(56(4,5)6)54(73)66-32-39-22-13-12-21-38(39)30-46(66)53(72)65(36(3)41-24-16-17-26-43(41)58)29-19-28-47(68)61-40-31-45(52(71)62-44-27-18-23-37-20-14-15-25-42(37)44)67(33-40)55(74)49(57(7,8)9)64-51(70)35(2)60-11/h12-17,20-22,24-26,34-36,40,44-46,48-49,59-60H,18-19,23,27-33H2,1-11H3,(H,61,68)(H,62,71)(H,63,69)(H,64,70)/t34-,35-,36+,40?,44?,45?,46?,48?,49?/m0/s1. The summed E-state index contributed by atoms with van der Waals surface area (Å²) in [5.41, 5.74) is 2.73. The van der Waals surface area contributed by atoms with Gasteiger partial charge in [0.25, 0.3) is 0 Å². The summed E-state index contributed by atoms with van der Waals surface area (Å²) in [6, 6.07) is 15.0. The lowest BCUT2D eigenvalue weighted by Crippen LogP contribution is -2.62. The van der Waals surface area contributed by atoms with Gasteiger partial charge in [-0.2, -0.15) is 0 Å². The molecule has 3 aromatic carbocycles. The highest BCUT2D eigenvalue weighted by Gasteiger charge is 2.47. The van der Waals surface area contributed by atoms with Crippen LogP contribution >= 0.6 is 0 Å². The van der Waals surface area contributed by atoms with Crippen molar-refractivity contribution in [3.8, 4) is 0 Å². The zero-order chi connectivity index (χ0) is 54.2. The first-order chi connectivity index (χ1) is 34.9. The molecular formula is C57H80FN9O7. The predicted molar refractivity (Wildman–Crippen MR) is 282 cm³/mol. The average Bonchev–Trinajstić information content (AvgIpc) is 3.80. The van der Waals surface area contributed by atoms with Crippen molar-refractivity contribution in [3.05, 3.63) is 106 Å². The van der Waals surface area contributed by atoms with E-state index in [9.17, 15) is 28.8 Å². The molecule has 2 aliphatic heterocycles. The smallest absolute Gasteiger partial charge is 0.246 e. The molecule has 6 rings (SSSR count). The summed E-state index contributed by atoms with van der Waals surface area (Å²) < 4.78 is 15.6. The highest BCUT2D eigenvalue weighted by atomic mass is 19.1. The molecule has 0 aromatic heterocycles. The number of hydrogen-bond acceptors (Lipinski definition) is 9. The lowest BCUT2D eigenvalue weighted by molar-refractivity contribution is -0.152. The molecule has 0 spiro atoms. The first kappa shape index (κ1) is 57.1. The molecule has 1 saturated heterocycles. The van der Waals surface area contributed by atoms with Crippen LogP contribution in [-0.2, 0) is 52.9 Å². The Morgan fingerprint density at radius 2 is 1.26 bits per heavy atom. The number of aryl methyl sites for hydroxylation is 1. The minimum absolute atomic E-state index is 0.0137. The van der Waals surface area contributed by atoms with E-state index in [-0.39, 0.29) is 80.6 Å². The van der Waals surface area contributed by atoms with Gasteiger partial charge in [-0.3, -0.25) is 33.6 Å². The number of nitrogens with zero attached hydrogens (tertiary/aromatic N) is 3. The van der Waals surface area contributed by atoms with Crippen molar-refractivity contribution in [2.45, 2.75) is 168 Å². The molecule has 2 heterocycles. The lowest BCUT2D eigenvalue weighted by Gasteiger charge is -2.43. The number of carbonyl (C=O) groups excluding carboxylic acids is 7. The molecular weight excluding hydrogens is 942 g/mol. The average molecular weight is 1020 g/mol. The van der Waals surface area contributed by atoms with Crippen LogP contribution < -0.4 is 31.9 Å². The van der Waals surface area contributed by atoms with Crippen LogP contribution in [0.4, 0.5) is 4.39 Å². The summed E-state index contributed by atoms with van der Waals surface area (Å²) in [5.74, 6) is -3.27. The molecule has 402 valence electrons. The van der Waals surface area contributed by atoms with E-state index >= 15 is 9.18 Å². The van der Waals surface area contributed by atoms with Gasteiger partial charge in [0.15, 0.2) is 0 Å². The third kappa shape index (κ3) is 13.5. The Hall–Kier alpha value is -6.20. The Balaban J connectivity index is 1.24. The van der Waals surface area contributed by atoms with Crippen LogP contribution in [-0.4, -0.2) is 126 Å². The molecule has 0 radical (unpaired) electrons. The molecule has 3 aliphatic rings. The monoisotopic (exact) mass is 1020 g/mol. The number of rotatable bonds is 18. The Morgan fingerprint density at radius 1 is 0.703 bits per heavy atom. The maximum Gasteiger partial charge on any atom is 0.246 e. The van der Waals surface area contributed by atoms with Gasteiger partial charge in [-0.15, -0.1) is 0 Å².